The van der Waals surface area contributed by atoms with Gasteiger partial charge >= 0.3 is 5.69 Å². The fourth-order valence-corrected chi connectivity index (χ4v) is 2.04. The number of nitrogens with one attached hydrogen (secondary N) is 1. The van der Waals surface area contributed by atoms with Gasteiger partial charge in [0.25, 0.3) is 5.56 Å². The van der Waals surface area contributed by atoms with Crippen molar-refractivity contribution in [3.63, 3.8) is 0 Å². The molecule has 1 aliphatic rings. The third kappa shape index (κ3) is 1.83. The molecule has 0 amide bonds. The molecule has 1 aliphatic carbocycles. The van der Waals surface area contributed by atoms with Gasteiger partial charge in [-0.25, -0.2) is 4.79 Å². The molecule has 2 rings (SSSR count). The van der Waals surface area contributed by atoms with Crippen LogP contribution in [0.3, 0.4) is 0 Å². The Kier molecular flexibility index (Phi) is 2.95. The van der Waals surface area contributed by atoms with Crippen molar-refractivity contribution in [2.24, 2.45) is 0 Å². The zero-order valence-electron chi connectivity index (χ0n) is 10.2. The van der Waals surface area contributed by atoms with Gasteiger partial charge in [-0.3, -0.25) is 13.9 Å². The highest BCUT2D eigenvalue weighted by Crippen LogP contribution is 2.36. The molecule has 0 aliphatic heterocycles. The van der Waals surface area contributed by atoms with E-state index in [0.717, 1.165) is 19.3 Å². The second-order valence-corrected chi connectivity index (χ2v) is 4.35. The first kappa shape index (κ1) is 11.8. The van der Waals surface area contributed by atoms with Crippen molar-refractivity contribution in [2.75, 3.05) is 18.1 Å². The van der Waals surface area contributed by atoms with Gasteiger partial charge in [0.15, 0.2) is 0 Å². The van der Waals surface area contributed by atoms with Crippen molar-refractivity contribution >= 4 is 11.5 Å². The second kappa shape index (κ2) is 4.27. The summed E-state index contributed by atoms with van der Waals surface area (Å²) in [6.45, 7) is 2.34. The molecule has 3 N–H and O–H groups in total. The summed E-state index contributed by atoms with van der Waals surface area (Å²) in [5.74, 6) is 0.454. The van der Waals surface area contributed by atoms with Gasteiger partial charge in [-0.1, -0.05) is 6.92 Å². The Labute approximate surface area is 99.1 Å². The Morgan fingerprint density at radius 1 is 1.41 bits per heavy atom. The first-order valence-electron chi connectivity index (χ1n) is 5.94. The Hall–Kier alpha value is -1.72. The van der Waals surface area contributed by atoms with Crippen molar-refractivity contribution in [2.45, 2.75) is 38.8 Å². The van der Waals surface area contributed by atoms with Crippen molar-refractivity contribution in [1.29, 1.82) is 0 Å². The lowest BCUT2D eigenvalue weighted by atomic mass is 10.4. The number of nitrogens with zero attached hydrogens (tertiary/aromatic N) is 2. The maximum Gasteiger partial charge on any atom is 0.332 e. The zero-order chi connectivity index (χ0) is 12.6. The van der Waals surface area contributed by atoms with Crippen LogP contribution in [0.4, 0.5) is 11.5 Å². The summed E-state index contributed by atoms with van der Waals surface area (Å²) in [5, 5.41) is 2.86. The van der Waals surface area contributed by atoms with Crippen molar-refractivity contribution < 1.29 is 0 Å². The highest BCUT2D eigenvalue weighted by molar-refractivity contribution is 5.60. The predicted octanol–water partition coefficient (Wildman–Crippen LogP) is 0.379. The second-order valence-electron chi connectivity index (χ2n) is 4.35. The Balaban J connectivity index is 2.72. The molecule has 0 radical (unpaired) electrons. The van der Waals surface area contributed by atoms with Crippen LogP contribution in [0.5, 0.6) is 0 Å². The van der Waals surface area contributed by atoms with Crippen LogP contribution in [0, 0.1) is 0 Å². The molecule has 1 aromatic rings. The van der Waals surface area contributed by atoms with Gasteiger partial charge in [0, 0.05) is 19.6 Å². The molecular weight excluding hydrogens is 220 g/mol. The van der Waals surface area contributed by atoms with Crippen LogP contribution in [0.25, 0.3) is 0 Å². The van der Waals surface area contributed by atoms with Crippen molar-refractivity contribution in [3.8, 4) is 0 Å². The van der Waals surface area contributed by atoms with E-state index in [1.54, 1.807) is 11.6 Å². The fourth-order valence-electron chi connectivity index (χ4n) is 2.04. The minimum Gasteiger partial charge on any atom is -0.391 e. The lowest BCUT2D eigenvalue weighted by Crippen LogP contribution is -2.41. The minimum atomic E-state index is -0.391. The average Bonchev–Trinajstić information content (AvgIpc) is 3.13. The van der Waals surface area contributed by atoms with Crippen LogP contribution in [-0.4, -0.2) is 16.2 Å². The molecule has 94 valence electrons. The predicted molar refractivity (Wildman–Crippen MR) is 67.5 cm³/mol. The van der Waals surface area contributed by atoms with Gasteiger partial charge in [0.05, 0.1) is 0 Å². The molecule has 1 fully saturated rings. The van der Waals surface area contributed by atoms with Crippen LogP contribution in [0.2, 0.25) is 0 Å². The molecule has 6 heteroatoms. The summed E-state index contributed by atoms with van der Waals surface area (Å²) in [5.41, 5.74) is 5.29. The normalized spacial score (nSPS) is 14.9. The number of aromatic nitrogens is 2. The van der Waals surface area contributed by atoms with E-state index in [1.807, 2.05) is 6.92 Å². The molecule has 0 saturated heterocycles. The van der Waals surface area contributed by atoms with Gasteiger partial charge in [0.2, 0.25) is 0 Å². The van der Waals surface area contributed by atoms with Gasteiger partial charge in [-0.05, 0) is 19.3 Å². The van der Waals surface area contributed by atoms with E-state index in [4.69, 9.17) is 5.73 Å². The minimum absolute atomic E-state index is 0.132. The van der Waals surface area contributed by atoms with Crippen LogP contribution in [0.1, 0.15) is 32.2 Å². The molecule has 0 bridgehead atoms. The van der Waals surface area contributed by atoms with Crippen LogP contribution in [-0.2, 0) is 6.54 Å². The maximum atomic E-state index is 12.2. The molecule has 0 spiro atoms. The van der Waals surface area contributed by atoms with E-state index in [2.05, 4.69) is 5.32 Å². The first-order valence-corrected chi connectivity index (χ1v) is 5.94. The summed E-state index contributed by atoms with van der Waals surface area (Å²) < 4.78 is 2.85. The Morgan fingerprint density at radius 3 is 2.53 bits per heavy atom. The third-order valence-electron chi connectivity index (χ3n) is 3.00. The first-order chi connectivity index (χ1) is 8.11. The molecule has 1 saturated carbocycles. The summed E-state index contributed by atoms with van der Waals surface area (Å²) in [7, 11) is 1.67. The standard InChI is InChI=1S/C11H18N4O2/c1-3-6-14-10(16)8(12)9(13-2)15(11(14)17)7-4-5-7/h7,13H,3-6,12H2,1-2H3. The Bertz CT molecular complexity index is 540. The summed E-state index contributed by atoms with van der Waals surface area (Å²) in [6.07, 6.45) is 2.68. The van der Waals surface area contributed by atoms with E-state index in [0.29, 0.717) is 12.4 Å². The van der Waals surface area contributed by atoms with E-state index >= 15 is 0 Å². The number of nitrogens with two attached hydrogens (primary N) is 1. The topological polar surface area (TPSA) is 82.0 Å². The zero-order valence-corrected chi connectivity index (χ0v) is 10.2. The van der Waals surface area contributed by atoms with Crippen LogP contribution < -0.4 is 22.3 Å². The Morgan fingerprint density at radius 2 is 2.06 bits per heavy atom. The van der Waals surface area contributed by atoms with Gasteiger partial charge in [0.1, 0.15) is 11.5 Å². The van der Waals surface area contributed by atoms with E-state index in [9.17, 15) is 9.59 Å². The number of rotatable bonds is 4. The highest BCUT2D eigenvalue weighted by atomic mass is 16.2. The lowest BCUT2D eigenvalue weighted by Gasteiger charge is -2.16. The van der Waals surface area contributed by atoms with Crippen LogP contribution in [0.15, 0.2) is 9.59 Å². The number of hydrogen-bond donors (Lipinski definition) is 2. The van der Waals surface area contributed by atoms with Gasteiger partial charge < -0.3 is 11.1 Å². The monoisotopic (exact) mass is 238 g/mol. The number of anilines is 2. The van der Waals surface area contributed by atoms with Gasteiger partial charge in [-0.15, -0.1) is 0 Å². The van der Waals surface area contributed by atoms with E-state index in [1.165, 1.54) is 4.57 Å². The summed E-state index contributed by atoms with van der Waals surface area (Å²) in [6, 6.07) is 0.191. The smallest absolute Gasteiger partial charge is 0.332 e. The quantitative estimate of drug-likeness (QED) is 0.794. The lowest BCUT2D eigenvalue weighted by molar-refractivity contribution is 0.559. The molecule has 0 atom stereocenters. The molecular formula is C11H18N4O2. The number of hydrogen-bond acceptors (Lipinski definition) is 4. The van der Waals surface area contributed by atoms with Gasteiger partial charge in [-0.2, -0.15) is 0 Å². The van der Waals surface area contributed by atoms with Crippen molar-refractivity contribution in [3.05, 3.63) is 20.8 Å². The third-order valence-corrected chi connectivity index (χ3v) is 3.00. The average molecular weight is 238 g/mol. The highest BCUT2D eigenvalue weighted by Gasteiger charge is 2.29. The summed E-state index contributed by atoms with van der Waals surface area (Å²) >= 11 is 0. The van der Waals surface area contributed by atoms with Crippen LogP contribution >= 0.6 is 0 Å². The molecule has 17 heavy (non-hydrogen) atoms. The largest absolute Gasteiger partial charge is 0.391 e. The van der Waals surface area contributed by atoms with E-state index in [-0.39, 0.29) is 17.4 Å². The number of nitrogen functional groups attached to an aromatic ring is 1. The molecule has 1 aromatic heterocycles. The van der Waals surface area contributed by atoms with E-state index < -0.39 is 5.56 Å². The molecule has 0 unspecified atom stereocenters. The summed E-state index contributed by atoms with van der Waals surface area (Å²) in [4.78, 5) is 24.2. The molecule has 6 nitrogen and oxygen atoms in total. The fraction of sp³-hybridized carbons (Fsp3) is 0.636. The molecule has 0 aromatic carbocycles. The SMILES string of the molecule is CCCn1c(=O)c(N)c(NC)n(C2CC2)c1=O. The van der Waals surface area contributed by atoms with Crippen molar-refractivity contribution in [1.82, 2.24) is 9.13 Å². The maximum absolute atomic E-state index is 12.2. The molecule has 1 heterocycles.